The summed E-state index contributed by atoms with van der Waals surface area (Å²) in [5, 5.41) is 5.37. The van der Waals surface area contributed by atoms with Gasteiger partial charge in [-0.25, -0.2) is 0 Å². The fourth-order valence-corrected chi connectivity index (χ4v) is 3.22. The SMILES string of the molecule is CC[C@@H]([NH2+][C@@H](C(=O)NC1CC1)c1ccccc1)c1ccc(Br)cc1. The molecule has 0 heterocycles. The zero-order valence-electron chi connectivity index (χ0n) is 13.9. The van der Waals surface area contributed by atoms with Crippen molar-refractivity contribution in [1.29, 1.82) is 0 Å². The highest BCUT2D eigenvalue weighted by Crippen LogP contribution is 2.22. The first-order valence-electron chi connectivity index (χ1n) is 8.63. The Bertz CT molecular complexity index is 668. The van der Waals surface area contributed by atoms with Crippen molar-refractivity contribution >= 4 is 21.8 Å². The van der Waals surface area contributed by atoms with Gasteiger partial charge in [0.05, 0.1) is 0 Å². The van der Waals surface area contributed by atoms with Crippen molar-refractivity contribution in [1.82, 2.24) is 5.32 Å². The van der Waals surface area contributed by atoms with E-state index in [0.29, 0.717) is 6.04 Å². The molecule has 2 aromatic carbocycles. The fourth-order valence-electron chi connectivity index (χ4n) is 2.95. The van der Waals surface area contributed by atoms with Crippen LogP contribution in [-0.2, 0) is 4.79 Å². The van der Waals surface area contributed by atoms with E-state index in [0.717, 1.165) is 29.3 Å². The van der Waals surface area contributed by atoms with Gasteiger partial charge in [-0.05, 0) is 25.0 Å². The van der Waals surface area contributed by atoms with E-state index in [2.05, 4.69) is 57.8 Å². The lowest BCUT2D eigenvalue weighted by Gasteiger charge is -2.22. The largest absolute Gasteiger partial charge is 0.348 e. The summed E-state index contributed by atoms with van der Waals surface area (Å²) in [6.45, 7) is 2.17. The number of halogens is 1. The van der Waals surface area contributed by atoms with Gasteiger partial charge < -0.3 is 10.6 Å². The molecular formula is C20H24BrN2O+. The van der Waals surface area contributed by atoms with E-state index in [1.807, 2.05) is 30.3 Å². The number of carbonyl (C=O) groups is 1. The van der Waals surface area contributed by atoms with Gasteiger partial charge in [-0.3, -0.25) is 4.79 Å². The molecule has 3 nitrogen and oxygen atoms in total. The van der Waals surface area contributed by atoms with Crippen LogP contribution in [-0.4, -0.2) is 11.9 Å². The van der Waals surface area contributed by atoms with Crippen LogP contribution < -0.4 is 10.6 Å². The van der Waals surface area contributed by atoms with E-state index in [1.54, 1.807) is 0 Å². The Balaban J connectivity index is 1.81. The van der Waals surface area contributed by atoms with Gasteiger partial charge in [0.1, 0.15) is 6.04 Å². The predicted molar refractivity (Wildman–Crippen MR) is 99.4 cm³/mol. The third-order valence-electron chi connectivity index (χ3n) is 4.53. The molecule has 24 heavy (non-hydrogen) atoms. The van der Waals surface area contributed by atoms with Crippen molar-refractivity contribution in [3.05, 3.63) is 70.2 Å². The summed E-state index contributed by atoms with van der Waals surface area (Å²) in [6.07, 6.45) is 3.19. The number of hydrogen-bond donors (Lipinski definition) is 2. The van der Waals surface area contributed by atoms with E-state index in [1.165, 1.54) is 5.56 Å². The summed E-state index contributed by atoms with van der Waals surface area (Å²) in [5.74, 6) is 0.124. The molecule has 1 aliphatic carbocycles. The van der Waals surface area contributed by atoms with E-state index < -0.39 is 0 Å². The number of amides is 1. The Morgan fingerprint density at radius 1 is 1.12 bits per heavy atom. The summed E-state index contributed by atoms with van der Waals surface area (Å²) in [5.41, 5.74) is 2.31. The molecule has 0 bridgehead atoms. The molecule has 2 atom stereocenters. The number of rotatable bonds is 7. The van der Waals surface area contributed by atoms with Crippen molar-refractivity contribution in [2.75, 3.05) is 0 Å². The van der Waals surface area contributed by atoms with Crippen molar-refractivity contribution in [2.45, 2.75) is 44.3 Å². The van der Waals surface area contributed by atoms with Gasteiger partial charge in [-0.2, -0.15) is 0 Å². The molecule has 3 N–H and O–H groups in total. The molecule has 0 spiro atoms. The first-order valence-corrected chi connectivity index (χ1v) is 9.42. The van der Waals surface area contributed by atoms with Crippen LogP contribution in [0.15, 0.2) is 59.1 Å². The van der Waals surface area contributed by atoms with Crippen LogP contribution >= 0.6 is 15.9 Å². The number of hydrogen-bond acceptors (Lipinski definition) is 1. The molecule has 0 aromatic heterocycles. The average Bonchev–Trinajstić information content (AvgIpc) is 3.41. The van der Waals surface area contributed by atoms with Crippen LogP contribution in [0.25, 0.3) is 0 Å². The Hall–Kier alpha value is -1.65. The molecule has 1 saturated carbocycles. The Morgan fingerprint density at radius 2 is 1.79 bits per heavy atom. The van der Waals surface area contributed by atoms with E-state index in [4.69, 9.17) is 0 Å². The van der Waals surface area contributed by atoms with Gasteiger partial charge in [0.15, 0.2) is 6.04 Å². The van der Waals surface area contributed by atoms with Crippen molar-refractivity contribution in [2.24, 2.45) is 0 Å². The summed E-state index contributed by atoms with van der Waals surface area (Å²) >= 11 is 3.49. The lowest BCUT2D eigenvalue weighted by atomic mass is 10.00. The number of carbonyl (C=O) groups excluding carboxylic acids is 1. The minimum Gasteiger partial charge on any atom is -0.348 e. The van der Waals surface area contributed by atoms with E-state index in [9.17, 15) is 4.79 Å². The third-order valence-corrected chi connectivity index (χ3v) is 5.06. The first-order chi connectivity index (χ1) is 11.7. The summed E-state index contributed by atoms with van der Waals surface area (Å²) in [6, 6.07) is 18.9. The van der Waals surface area contributed by atoms with Crippen LogP contribution in [0.2, 0.25) is 0 Å². The minimum absolute atomic E-state index is 0.124. The van der Waals surface area contributed by atoms with Crippen molar-refractivity contribution in [3.63, 3.8) is 0 Å². The molecule has 1 fully saturated rings. The standard InChI is InChI=1S/C20H23BrN2O/c1-2-18(14-8-10-16(21)11-9-14)23-19(15-6-4-3-5-7-15)20(24)22-17-12-13-17/h3-11,17-19,23H,2,12-13H2,1H3,(H,22,24)/p+1/t18-,19-/m1/s1. The van der Waals surface area contributed by atoms with Crippen molar-refractivity contribution in [3.8, 4) is 0 Å². The molecular weight excluding hydrogens is 364 g/mol. The van der Waals surface area contributed by atoms with Gasteiger partial charge in [-0.1, -0.05) is 65.3 Å². The average molecular weight is 388 g/mol. The number of benzene rings is 2. The van der Waals surface area contributed by atoms with E-state index >= 15 is 0 Å². The van der Waals surface area contributed by atoms with Gasteiger partial charge >= 0.3 is 0 Å². The molecule has 0 saturated heterocycles. The van der Waals surface area contributed by atoms with Gasteiger partial charge in [0, 0.05) is 28.1 Å². The first kappa shape index (κ1) is 17.2. The normalized spacial score (nSPS) is 16.4. The van der Waals surface area contributed by atoms with E-state index in [-0.39, 0.29) is 18.0 Å². The molecule has 1 amide bonds. The quantitative estimate of drug-likeness (QED) is 0.750. The maximum atomic E-state index is 12.8. The summed E-state index contributed by atoms with van der Waals surface area (Å²) < 4.78 is 1.08. The maximum Gasteiger partial charge on any atom is 0.283 e. The van der Waals surface area contributed by atoms with Gasteiger partial charge in [-0.15, -0.1) is 0 Å². The highest BCUT2D eigenvalue weighted by molar-refractivity contribution is 9.10. The highest BCUT2D eigenvalue weighted by Gasteiger charge is 2.32. The minimum atomic E-state index is -0.208. The van der Waals surface area contributed by atoms with Crippen LogP contribution in [0.5, 0.6) is 0 Å². The number of nitrogens with two attached hydrogens (primary N) is 1. The van der Waals surface area contributed by atoms with Crippen LogP contribution in [0.4, 0.5) is 0 Å². The Labute approximate surface area is 152 Å². The monoisotopic (exact) mass is 387 g/mol. The second kappa shape index (κ2) is 7.95. The van der Waals surface area contributed by atoms with Crippen molar-refractivity contribution < 1.29 is 10.1 Å². The second-order valence-electron chi connectivity index (χ2n) is 6.43. The second-order valence-corrected chi connectivity index (χ2v) is 7.35. The lowest BCUT2D eigenvalue weighted by molar-refractivity contribution is -0.722. The lowest BCUT2D eigenvalue weighted by Crippen LogP contribution is -2.88. The summed E-state index contributed by atoms with van der Waals surface area (Å²) in [4.78, 5) is 12.8. The van der Waals surface area contributed by atoms with Gasteiger partial charge in [0.25, 0.3) is 5.91 Å². The zero-order valence-corrected chi connectivity index (χ0v) is 15.5. The fraction of sp³-hybridized carbons (Fsp3) is 0.350. The zero-order chi connectivity index (χ0) is 16.9. The van der Waals surface area contributed by atoms with Gasteiger partial charge in [0.2, 0.25) is 0 Å². The molecule has 1 aliphatic rings. The molecule has 0 radical (unpaired) electrons. The smallest absolute Gasteiger partial charge is 0.283 e. The molecule has 0 aliphatic heterocycles. The molecule has 126 valence electrons. The van der Waals surface area contributed by atoms with Crippen LogP contribution in [0.3, 0.4) is 0 Å². The Kier molecular flexibility index (Phi) is 5.69. The molecule has 4 heteroatoms. The Morgan fingerprint density at radius 3 is 2.38 bits per heavy atom. The summed E-state index contributed by atoms with van der Waals surface area (Å²) in [7, 11) is 0. The van der Waals surface area contributed by atoms with Crippen LogP contribution in [0, 0.1) is 0 Å². The van der Waals surface area contributed by atoms with Crippen LogP contribution in [0.1, 0.15) is 49.4 Å². The maximum absolute atomic E-state index is 12.8. The molecule has 2 aromatic rings. The predicted octanol–water partition coefficient (Wildman–Crippen LogP) is 3.48. The topological polar surface area (TPSA) is 45.7 Å². The number of nitrogens with one attached hydrogen (secondary N) is 1. The molecule has 0 unspecified atom stereocenters. The third kappa shape index (κ3) is 4.46. The molecule has 3 rings (SSSR count). The highest BCUT2D eigenvalue weighted by atomic mass is 79.9. The number of quaternary nitrogens is 1.